The van der Waals surface area contributed by atoms with Crippen LogP contribution in [-0.4, -0.2) is 99.7 Å². The summed E-state index contributed by atoms with van der Waals surface area (Å²) in [6.07, 6.45) is 5.60. The van der Waals surface area contributed by atoms with Crippen LogP contribution < -0.4 is 42.5 Å². The number of nitrogens with zero attached hydrogens (tertiary/aromatic N) is 5. The van der Waals surface area contributed by atoms with Crippen LogP contribution in [0.1, 0.15) is 92.1 Å². The second-order valence-corrected chi connectivity index (χ2v) is 16.8. The maximum absolute atomic E-state index is 13.4. The highest BCUT2D eigenvalue weighted by Gasteiger charge is 2.29. The summed E-state index contributed by atoms with van der Waals surface area (Å²) in [5, 5.41) is 15.4. The number of rotatable bonds is 19. The number of hydrogen-bond donors (Lipinski definition) is 7. The molecule has 1 aliphatic carbocycles. The summed E-state index contributed by atoms with van der Waals surface area (Å²) < 4.78 is 7.23. The number of ketones is 1. The van der Waals surface area contributed by atoms with Gasteiger partial charge >= 0.3 is 0 Å². The molecule has 330 valence electrons. The predicted molar refractivity (Wildman–Crippen MR) is 238 cm³/mol. The number of aromatic amines is 1. The zero-order valence-corrected chi connectivity index (χ0v) is 36.4. The van der Waals surface area contributed by atoms with Gasteiger partial charge in [-0.05, 0) is 83.4 Å². The predicted octanol–water partition coefficient (Wildman–Crippen LogP) is 4.65. The first-order valence-electron chi connectivity index (χ1n) is 20.8. The van der Waals surface area contributed by atoms with E-state index >= 15 is 0 Å². The number of H-pyrrole nitrogens is 1. The third kappa shape index (κ3) is 10.4. The topological polar surface area (TPSA) is 229 Å². The standard InChI is InChI=1S/C42H54N12O7S/c1-6-43-28-11-13-32(31(19-28)39(58)50-42-45-25(3)27(5)62-42)46-34(56)15-16-60-17-18-61-51-35(57)21-52-22-53(23-52)30-12-14-33(44-20-30)47-41-48-37-24(2)36(26(4)55)40(59)54(38(37)49-41)29-9-7-8-10-29/h11-14,19-20,29,42-43,45H,6-10,15-18,21-23H2,1-5H3,(H,46,56)(H,50,58)(H,51,57)(H2,44,47,48,49). The molecule has 3 aliphatic rings. The van der Waals surface area contributed by atoms with E-state index in [1.165, 1.54) is 18.7 Å². The van der Waals surface area contributed by atoms with E-state index in [1.54, 1.807) is 35.9 Å². The lowest BCUT2D eigenvalue weighted by molar-refractivity contribution is -0.136. The first-order chi connectivity index (χ1) is 29.9. The number of aromatic nitrogens is 4. The SMILES string of the molecule is CCNc1ccc(NC(=O)CCOCCONC(=O)CN2CN(c3ccc(Nc4nc5c([nH]4)c(C)c(C(C)=O)c(=O)n5C4CCCC4)nc3)C2)c(C(=O)NC2NC(C)=C(C)S2)c1. The van der Waals surface area contributed by atoms with Crippen LogP contribution in [0.15, 0.2) is 51.9 Å². The number of thioether (sulfide) groups is 1. The first-order valence-corrected chi connectivity index (χ1v) is 21.7. The first kappa shape index (κ1) is 44.1. The molecule has 3 amide bonds. The third-order valence-electron chi connectivity index (χ3n) is 10.9. The highest BCUT2D eigenvalue weighted by Crippen LogP contribution is 2.33. The molecule has 62 heavy (non-hydrogen) atoms. The van der Waals surface area contributed by atoms with Crippen LogP contribution in [0, 0.1) is 6.92 Å². The number of fused-ring (bicyclic) bond motifs is 1. The number of anilines is 5. The van der Waals surface area contributed by atoms with Crippen molar-refractivity contribution in [3.8, 4) is 0 Å². The molecule has 5 heterocycles. The van der Waals surface area contributed by atoms with Gasteiger partial charge in [0.1, 0.15) is 5.82 Å². The Morgan fingerprint density at radius 2 is 1.79 bits per heavy atom. The molecular formula is C42H54N12O7S. The number of pyridine rings is 2. The van der Waals surface area contributed by atoms with E-state index in [4.69, 9.17) is 14.6 Å². The molecule has 1 saturated heterocycles. The number of Topliss-reactive ketones (excluding diaryl/α,β-unsaturated/α-hetero) is 1. The number of carbonyl (C=O) groups is 4. The molecule has 0 radical (unpaired) electrons. The number of amides is 3. The van der Waals surface area contributed by atoms with Crippen molar-refractivity contribution < 1.29 is 28.8 Å². The van der Waals surface area contributed by atoms with Crippen LogP contribution in [-0.2, 0) is 19.2 Å². The van der Waals surface area contributed by atoms with Crippen LogP contribution in [0.25, 0.3) is 11.2 Å². The van der Waals surface area contributed by atoms with Gasteiger partial charge in [0.15, 0.2) is 16.9 Å². The van der Waals surface area contributed by atoms with E-state index in [0.29, 0.717) is 59.6 Å². The molecule has 1 unspecified atom stereocenters. The summed E-state index contributed by atoms with van der Waals surface area (Å²) in [4.78, 5) is 87.3. The van der Waals surface area contributed by atoms with E-state index in [2.05, 4.69) is 46.9 Å². The third-order valence-corrected chi connectivity index (χ3v) is 12.1. The van der Waals surface area contributed by atoms with Crippen LogP contribution >= 0.6 is 11.8 Å². The minimum Gasteiger partial charge on any atom is -0.385 e. The van der Waals surface area contributed by atoms with E-state index in [1.807, 2.05) is 37.8 Å². The summed E-state index contributed by atoms with van der Waals surface area (Å²) in [6.45, 7) is 11.3. The number of aryl methyl sites for hydroxylation is 1. The summed E-state index contributed by atoms with van der Waals surface area (Å²) in [6, 6.07) is 8.98. The lowest BCUT2D eigenvalue weighted by Gasteiger charge is -2.43. The van der Waals surface area contributed by atoms with Crippen LogP contribution in [0.4, 0.5) is 28.8 Å². The van der Waals surface area contributed by atoms with Crippen molar-refractivity contribution in [2.24, 2.45) is 0 Å². The van der Waals surface area contributed by atoms with Gasteiger partial charge in [-0.1, -0.05) is 24.6 Å². The second-order valence-electron chi connectivity index (χ2n) is 15.5. The lowest BCUT2D eigenvalue weighted by atomic mass is 10.1. The van der Waals surface area contributed by atoms with Crippen LogP contribution in [0.3, 0.4) is 0 Å². The Hall–Kier alpha value is -5.96. The van der Waals surface area contributed by atoms with Crippen molar-refractivity contribution in [3.63, 3.8) is 0 Å². The highest BCUT2D eigenvalue weighted by molar-refractivity contribution is 8.03. The maximum Gasteiger partial charge on any atom is 0.263 e. The van der Waals surface area contributed by atoms with Gasteiger partial charge in [0.05, 0.1) is 80.3 Å². The number of hydroxylamine groups is 1. The van der Waals surface area contributed by atoms with Gasteiger partial charge in [-0.25, -0.2) is 10.5 Å². The van der Waals surface area contributed by atoms with E-state index in [0.717, 1.165) is 47.7 Å². The molecular weight excluding hydrogens is 817 g/mol. The van der Waals surface area contributed by atoms with Crippen LogP contribution in [0.5, 0.6) is 0 Å². The Balaban J connectivity index is 0.793. The molecule has 19 nitrogen and oxygen atoms in total. The lowest BCUT2D eigenvalue weighted by Crippen LogP contribution is -2.58. The van der Waals surface area contributed by atoms with Gasteiger partial charge < -0.3 is 41.2 Å². The molecule has 7 N–H and O–H groups in total. The molecule has 1 aromatic carbocycles. The molecule has 1 atom stereocenters. The van der Waals surface area contributed by atoms with Crippen molar-refractivity contribution in [2.75, 3.05) is 67.1 Å². The van der Waals surface area contributed by atoms with E-state index < -0.39 is 0 Å². The van der Waals surface area contributed by atoms with Crippen molar-refractivity contribution in [1.29, 1.82) is 0 Å². The molecule has 0 spiro atoms. The summed E-state index contributed by atoms with van der Waals surface area (Å²) in [5.74, 6) is -0.220. The molecule has 2 aliphatic heterocycles. The quantitative estimate of drug-likeness (QED) is 0.0387. The number of imidazole rings is 1. The molecule has 4 aromatic rings. The Morgan fingerprint density at radius 3 is 2.48 bits per heavy atom. The minimum atomic E-state index is -0.316. The molecule has 2 fully saturated rings. The van der Waals surface area contributed by atoms with E-state index in [9.17, 15) is 24.0 Å². The summed E-state index contributed by atoms with van der Waals surface area (Å²) in [7, 11) is 0. The fraction of sp³-hybridized carbons (Fsp3) is 0.452. The van der Waals surface area contributed by atoms with Gasteiger partial charge in [0.25, 0.3) is 17.4 Å². The Kier molecular flexibility index (Phi) is 14.1. The fourth-order valence-electron chi connectivity index (χ4n) is 7.71. The number of nitrogens with one attached hydrogen (secondary N) is 7. The van der Waals surface area contributed by atoms with Gasteiger partial charge in [-0.15, -0.1) is 0 Å². The van der Waals surface area contributed by atoms with Gasteiger partial charge in [-0.3, -0.25) is 38.3 Å². The molecule has 0 bridgehead atoms. The normalized spacial score (nSPS) is 16.6. The van der Waals surface area contributed by atoms with Crippen molar-refractivity contribution in [3.05, 3.63) is 74.2 Å². The average Bonchev–Trinajstić information content (AvgIpc) is 3.97. The number of hydrogen-bond acceptors (Lipinski definition) is 15. The van der Waals surface area contributed by atoms with Crippen molar-refractivity contribution >= 4 is 75.3 Å². The molecule has 1 saturated carbocycles. The van der Waals surface area contributed by atoms with E-state index in [-0.39, 0.29) is 79.0 Å². The maximum atomic E-state index is 13.4. The molecule has 20 heteroatoms. The Bertz CT molecular complexity index is 2390. The second kappa shape index (κ2) is 19.8. The smallest absolute Gasteiger partial charge is 0.263 e. The number of ether oxygens (including phenoxy) is 1. The molecule has 3 aromatic heterocycles. The van der Waals surface area contributed by atoms with Crippen molar-refractivity contribution in [1.82, 2.24) is 40.5 Å². The Labute approximate surface area is 363 Å². The number of allylic oxidation sites excluding steroid dienone is 2. The number of benzene rings is 1. The average molecular weight is 871 g/mol. The van der Waals surface area contributed by atoms with Gasteiger partial charge in [-0.2, -0.15) is 4.98 Å². The highest BCUT2D eigenvalue weighted by atomic mass is 32.2. The zero-order chi connectivity index (χ0) is 43.9. The van der Waals surface area contributed by atoms with Gasteiger partial charge in [0.2, 0.25) is 11.9 Å². The molecule has 7 rings (SSSR count). The summed E-state index contributed by atoms with van der Waals surface area (Å²) in [5.41, 5.74) is 7.20. The summed E-state index contributed by atoms with van der Waals surface area (Å²) >= 11 is 1.52. The zero-order valence-electron chi connectivity index (χ0n) is 35.6. The fourth-order valence-corrected chi connectivity index (χ4v) is 8.70. The monoisotopic (exact) mass is 870 g/mol. The number of carbonyl (C=O) groups excluding carboxylic acids is 4. The largest absolute Gasteiger partial charge is 0.385 e. The van der Waals surface area contributed by atoms with Crippen LogP contribution in [0.2, 0.25) is 0 Å². The van der Waals surface area contributed by atoms with Gasteiger partial charge in [0, 0.05) is 28.9 Å². The minimum absolute atomic E-state index is 0.00820. The van der Waals surface area contributed by atoms with Crippen molar-refractivity contribution in [2.45, 2.75) is 78.3 Å². The Morgan fingerprint density at radius 1 is 1.00 bits per heavy atom.